The summed E-state index contributed by atoms with van der Waals surface area (Å²) in [5.41, 5.74) is 3.90. The van der Waals surface area contributed by atoms with Crippen LogP contribution in [0.5, 0.6) is 0 Å². The van der Waals surface area contributed by atoms with E-state index in [0.717, 1.165) is 31.4 Å². The maximum absolute atomic E-state index is 10.4. The largest absolute Gasteiger partial charge is 0.388 e. The normalized spacial score (nSPS) is 23.2. The van der Waals surface area contributed by atoms with Crippen LogP contribution in [0, 0.1) is 12.3 Å². The van der Waals surface area contributed by atoms with E-state index in [9.17, 15) is 5.11 Å². The van der Waals surface area contributed by atoms with Crippen molar-refractivity contribution in [2.75, 3.05) is 13.7 Å². The highest BCUT2D eigenvalue weighted by Crippen LogP contribution is 2.43. The zero-order valence-electron chi connectivity index (χ0n) is 12.9. The van der Waals surface area contributed by atoms with E-state index >= 15 is 0 Å². The van der Waals surface area contributed by atoms with Crippen molar-refractivity contribution in [3.8, 4) is 0 Å². The maximum Gasteiger partial charge on any atom is 0.0812 e. The first kappa shape index (κ1) is 14.6. The Morgan fingerprint density at radius 3 is 2.84 bits per heavy atom. The van der Waals surface area contributed by atoms with Crippen LogP contribution >= 0.6 is 0 Å². The van der Waals surface area contributed by atoms with E-state index < -0.39 is 0 Å². The summed E-state index contributed by atoms with van der Waals surface area (Å²) in [6.07, 6.45) is 2.60. The summed E-state index contributed by atoms with van der Waals surface area (Å²) in [4.78, 5) is 0. The fraction of sp³-hybridized carbons (Fsp3) is 0.750. The fourth-order valence-electron chi connectivity index (χ4n) is 3.40. The second-order valence-electron chi connectivity index (χ2n) is 6.75. The first-order valence-corrected chi connectivity index (χ1v) is 7.23. The van der Waals surface area contributed by atoms with Crippen LogP contribution in [0.2, 0.25) is 0 Å². The van der Waals surface area contributed by atoms with Gasteiger partial charge in [0.1, 0.15) is 0 Å². The van der Waals surface area contributed by atoms with Gasteiger partial charge in [0, 0.05) is 36.7 Å². The number of fused-ring (bicyclic) bond motifs is 1. The summed E-state index contributed by atoms with van der Waals surface area (Å²) in [7, 11) is 1.75. The maximum atomic E-state index is 10.4. The minimum atomic E-state index is -0.312. The van der Waals surface area contributed by atoms with Crippen molar-refractivity contribution >= 4 is 0 Å². The molecule has 2 unspecified atom stereocenters. The number of aryl methyl sites for hydroxylation is 1. The zero-order chi connectivity index (χ0) is 14.2. The number of aliphatic hydroxyl groups excluding tert-OH is 1. The Morgan fingerprint density at radius 2 is 2.21 bits per heavy atom. The second-order valence-corrected chi connectivity index (χ2v) is 6.75. The van der Waals surface area contributed by atoms with E-state index in [-0.39, 0.29) is 11.5 Å². The van der Waals surface area contributed by atoms with Gasteiger partial charge < -0.3 is 14.4 Å². The molecule has 1 aliphatic carbocycles. The summed E-state index contributed by atoms with van der Waals surface area (Å²) in [5, 5.41) is 10.4. The van der Waals surface area contributed by atoms with Crippen LogP contribution in [-0.2, 0) is 11.2 Å². The van der Waals surface area contributed by atoms with Crippen molar-refractivity contribution in [3.05, 3.63) is 23.0 Å². The number of methoxy groups -OCH3 is 1. The van der Waals surface area contributed by atoms with Gasteiger partial charge in [-0.25, -0.2) is 0 Å². The molecule has 0 saturated heterocycles. The third kappa shape index (κ3) is 2.87. The monoisotopic (exact) mass is 265 g/mol. The van der Waals surface area contributed by atoms with Crippen LogP contribution in [0.1, 0.15) is 62.7 Å². The lowest BCUT2D eigenvalue weighted by Crippen LogP contribution is -2.27. The van der Waals surface area contributed by atoms with Crippen molar-refractivity contribution in [2.24, 2.45) is 5.41 Å². The van der Waals surface area contributed by atoms with Gasteiger partial charge in [-0.2, -0.15) is 0 Å². The molecule has 0 saturated carbocycles. The molecule has 1 aromatic heterocycles. The molecule has 0 radical (unpaired) electrons. The highest BCUT2D eigenvalue weighted by atomic mass is 16.5. The quantitative estimate of drug-likeness (QED) is 0.905. The molecule has 0 aromatic carbocycles. The van der Waals surface area contributed by atoms with Crippen LogP contribution in [0.25, 0.3) is 0 Å². The molecule has 0 bridgehead atoms. The van der Waals surface area contributed by atoms with Crippen molar-refractivity contribution in [1.82, 2.24) is 4.57 Å². The van der Waals surface area contributed by atoms with Crippen molar-refractivity contribution in [3.63, 3.8) is 0 Å². The molecule has 1 aromatic rings. The molecule has 1 aliphatic rings. The molecule has 0 aliphatic heterocycles. The topological polar surface area (TPSA) is 34.4 Å². The molecule has 0 amide bonds. The van der Waals surface area contributed by atoms with E-state index in [4.69, 9.17) is 4.74 Å². The molecule has 0 spiro atoms. The molecule has 2 rings (SSSR count). The van der Waals surface area contributed by atoms with Gasteiger partial charge in [0.15, 0.2) is 0 Å². The molecule has 1 heterocycles. The van der Waals surface area contributed by atoms with Crippen LogP contribution in [0.3, 0.4) is 0 Å². The molecule has 108 valence electrons. The Bertz CT molecular complexity index is 448. The number of ether oxygens (including phenoxy) is 1. The first-order chi connectivity index (χ1) is 8.85. The molecule has 2 atom stereocenters. The first-order valence-electron chi connectivity index (χ1n) is 7.23. The molecule has 3 heteroatoms. The fourth-order valence-corrected chi connectivity index (χ4v) is 3.40. The number of aromatic nitrogens is 1. The number of hydrogen-bond donors (Lipinski definition) is 1. The van der Waals surface area contributed by atoms with Gasteiger partial charge in [0.2, 0.25) is 0 Å². The van der Waals surface area contributed by atoms with Crippen molar-refractivity contribution < 1.29 is 9.84 Å². The zero-order valence-corrected chi connectivity index (χ0v) is 12.9. The molecular formula is C16H27NO2. The summed E-state index contributed by atoms with van der Waals surface area (Å²) in [6.45, 7) is 9.64. The summed E-state index contributed by atoms with van der Waals surface area (Å²) in [5.74, 6) is 0. The Labute approximate surface area is 116 Å². The predicted octanol–water partition coefficient (Wildman–Crippen LogP) is 3.40. The smallest absolute Gasteiger partial charge is 0.0812 e. The summed E-state index contributed by atoms with van der Waals surface area (Å²) < 4.78 is 7.60. The lowest BCUT2D eigenvalue weighted by Gasteiger charge is -2.35. The highest BCUT2D eigenvalue weighted by Gasteiger charge is 2.34. The summed E-state index contributed by atoms with van der Waals surface area (Å²) >= 11 is 0. The van der Waals surface area contributed by atoms with E-state index in [1.165, 1.54) is 11.4 Å². The second kappa shape index (κ2) is 5.29. The van der Waals surface area contributed by atoms with Gasteiger partial charge in [-0.05, 0) is 44.6 Å². The van der Waals surface area contributed by atoms with Crippen LogP contribution in [0.15, 0.2) is 6.07 Å². The average molecular weight is 265 g/mol. The van der Waals surface area contributed by atoms with E-state index in [1.807, 2.05) is 0 Å². The van der Waals surface area contributed by atoms with Gasteiger partial charge in [0.25, 0.3) is 0 Å². The van der Waals surface area contributed by atoms with Crippen molar-refractivity contribution in [1.29, 1.82) is 0 Å². The molecule has 0 fully saturated rings. The predicted molar refractivity (Wildman–Crippen MR) is 77.4 cm³/mol. The Kier molecular flexibility index (Phi) is 4.07. The van der Waals surface area contributed by atoms with E-state index in [1.54, 1.807) is 7.11 Å². The third-order valence-electron chi connectivity index (χ3n) is 4.30. The third-order valence-corrected chi connectivity index (χ3v) is 4.30. The lowest BCUT2D eigenvalue weighted by atomic mass is 9.75. The van der Waals surface area contributed by atoms with E-state index in [2.05, 4.69) is 38.3 Å². The number of rotatable bonds is 4. The number of aliphatic hydroxyl groups is 1. The van der Waals surface area contributed by atoms with E-state index in [0.29, 0.717) is 6.04 Å². The van der Waals surface area contributed by atoms with Gasteiger partial charge in [-0.1, -0.05) is 13.8 Å². The number of hydrogen-bond acceptors (Lipinski definition) is 2. The van der Waals surface area contributed by atoms with Gasteiger partial charge >= 0.3 is 0 Å². The highest BCUT2D eigenvalue weighted by molar-refractivity contribution is 5.33. The molecule has 3 nitrogen and oxygen atoms in total. The van der Waals surface area contributed by atoms with Crippen LogP contribution in [0.4, 0.5) is 0 Å². The average Bonchev–Trinajstić information content (AvgIpc) is 2.61. The van der Waals surface area contributed by atoms with Crippen LogP contribution in [-0.4, -0.2) is 23.4 Å². The Morgan fingerprint density at radius 1 is 1.53 bits per heavy atom. The number of nitrogens with zero attached hydrogens (tertiary/aromatic N) is 1. The molecular weight excluding hydrogens is 238 g/mol. The minimum absolute atomic E-state index is 0.177. The Balaban J connectivity index is 2.35. The minimum Gasteiger partial charge on any atom is -0.388 e. The molecule has 19 heavy (non-hydrogen) atoms. The van der Waals surface area contributed by atoms with Gasteiger partial charge in [0.05, 0.1) is 6.10 Å². The van der Waals surface area contributed by atoms with Crippen molar-refractivity contribution in [2.45, 2.75) is 59.1 Å². The SMILES string of the molecule is COCCC(C)n1c(C)cc2c1CC(C)(C)CC2O. The van der Waals surface area contributed by atoms with Crippen LogP contribution < -0.4 is 0 Å². The lowest BCUT2D eigenvalue weighted by molar-refractivity contribution is 0.0970. The molecule has 1 N–H and O–H groups in total. The van der Waals surface area contributed by atoms with Gasteiger partial charge in [-0.3, -0.25) is 0 Å². The standard InChI is InChI=1S/C16H27NO2/c1-11(6-7-19-5)17-12(2)8-13-14(17)9-16(3,4)10-15(13)18/h8,11,15,18H,6-7,9-10H2,1-5H3. The summed E-state index contributed by atoms with van der Waals surface area (Å²) in [6, 6.07) is 2.59. The van der Waals surface area contributed by atoms with Gasteiger partial charge in [-0.15, -0.1) is 0 Å². The Hall–Kier alpha value is -0.800.